The molecule has 0 aliphatic carbocycles. The van der Waals surface area contributed by atoms with Crippen LogP contribution in [0.5, 0.6) is 0 Å². The van der Waals surface area contributed by atoms with Crippen molar-refractivity contribution >= 4 is 17.7 Å². The lowest BCUT2D eigenvalue weighted by molar-refractivity contribution is -0.137. The van der Waals surface area contributed by atoms with E-state index in [2.05, 4.69) is 19.2 Å². The summed E-state index contributed by atoms with van der Waals surface area (Å²) in [7, 11) is 3.47. The second kappa shape index (κ2) is 11.1. The van der Waals surface area contributed by atoms with Crippen molar-refractivity contribution in [3.8, 4) is 0 Å². The maximum absolute atomic E-state index is 13.0. The van der Waals surface area contributed by atoms with Crippen LogP contribution in [0.3, 0.4) is 0 Å². The highest BCUT2D eigenvalue weighted by atomic mass is 16.2. The van der Waals surface area contributed by atoms with Crippen LogP contribution in [0.2, 0.25) is 0 Å². The maximum atomic E-state index is 13.0. The van der Waals surface area contributed by atoms with Crippen molar-refractivity contribution in [2.45, 2.75) is 59.4 Å². The molecule has 0 heterocycles. The third-order valence-electron chi connectivity index (χ3n) is 6.19. The normalized spacial score (nSPS) is 13.5. The van der Waals surface area contributed by atoms with E-state index in [0.717, 1.165) is 5.56 Å². The van der Waals surface area contributed by atoms with E-state index in [1.54, 1.807) is 23.9 Å². The van der Waals surface area contributed by atoms with Crippen LogP contribution >= 0.6 is 0 Å². The van der Waals surface area contributed by atoms with Gasteiger partial charge in [-0.1, -0.05) is 65.0 Å². The fraction of sp³-hybridized carbons (Fsp3) is 0.625. The number of benzene rings is 1. The highest BCUT2D eigenvalue weighted by Gasteiger charge is 2.35. The summed E-state index contributed by atoms with van der Waals surface area (Å²) < 4.78 is 0. The molecule has 0 radical (unpaired) electrons. The molecule has 6 heteroatoms. The maximum Gasteiger partial charge on any atom is 0.242 e. The van der Waals surface area contributed by atoms with Gasteiger partial charge in [-0.25, -0.2) is 0 Å². The number of likely N-dealkylation sites (N-methyl/N-ethyl adjacent to an activating group) is 2. The molecule has 6 nitrogen and oxygen atoms in total. The lowest BCUT2D eigenvalue weighted by atomic mass is 9.71. The Balaban J connectivity index is 2.81. The van der Waals surface area contributed by atoms with E-state index in [0.29, 0.717) is 13.0 Å². The van der Waals surface area contributed by atoms with Crippen LogP contribution in [0.4, 0.5) is 0 Å². The number of amides is 3. The van der Waals surface area contributed by atoms with Gasteiger partial charge in [0.1, 0.15) is 0 Å². The molecule has 2 atom stereocenters. The molecule has 168 valence electrons. The van der Waals surface area contributed by atoms with Gasteiger partial charge in [-0.3, -0.25) is 14.4 Å². The van der Waals surface area contributed by atoms with E-state index in [1.165, 1.54) is 6.92 Å². The third-order valence-corrected chi connectivity index (χ3v) is 6.19. The van der Waals surface area contributed by atoms with Gasteiger partial charge in [-0.2, -0.15) is 0 Å². The van der Waals surface area contributed by atoms with E-state index >= 15 is 0 Å². The number of carbonyl (C=O) groups is 3. The predicted octanol–water partition coefficient (Wildman–Crippen LogP) is 3.07. The molecule has 0 bridgehead atoms. The van der Waals surface area contributed by atoms with E-state index < -0.39 is 0 Å². The standard InChI is InChI=1S/C24H39N3O3/c1-9-20(24(5,6)19-13-11-10-12-14-19)23(30)25-15-22(29)27(8)21(17(2)3)16-26(7)18(4)28/h10-14,17,20-21H,9,15-16H2,1-8H3,(H,25,30)/t20-,21-/m1/s1. The second-order valence-electron chi connectivity index (χ2n) is 8.98. The zero-order valence-corrected chi connectivity index (χ0v) is 19.9. The Morgan fingerprint density at radius 2 is 1.63 bits per heavy atom. The highest BCUT2D eigenvalue weighted by Crippen LogP contribution is 2.33. The molecule has 0 aromatic heterocycles. The summed E-state index contributed by atoms with van der Waals surface area (Å²) >= 11 is 0. The number of nitrogens with one attached hydrogen (secondary N) is 1. The topological polar surface area (TPSA) is 69.7 Å². The third kappa shape index (κ3) is 6.57. The molecule has 0 fully saturated rings. The zero-order valence-electron chi connectivity index (χ0n) is 19.9. The molecule has 0 saturated heterocycles. The Labute approximate surface area is 182 Å². The molecule has 0 spiro atoms. The Morgan fingerprint density at radius 3 is 2.10 bits per heavy atom. The lowest BCUT2D eigenvalue weighted by Gasteiger charge is -2.35. The lowest BCUT2D eigenvalue weighted by Crippen LogP contribution is -2.51. The van der Waals surface area contributed by atoms with Gasteiger partial charge in [-0.05, 0) is 17.9 Å². The number of rotatable bonds is 10. The van der Waals surface area contributed by atoms with Crippen LogP contribution < -0.4 is 5.32 Å². The molecule has 1 aromatic carbocycles. The molecular weight excluding hydrogens is 378 g/mol. The van der Waals surface area contributed by atoms with E-state index in [1.807, 2.05) is 51.1 Å². The molecule has 30 heavy (non-hydrogen) atoms. The first-order valence-corrected chi connectivity index (χ1v) is 10.7. The quantitative estimate of drug-likeness (QED) is 0.636. The van der Waals surface area contributed by atoms with Gasteiger partial charge < -0.3 is 15.1 Å². The van der Waals surface area contributed by atoms with Crippen LogP contribution in [0.1, 0.15) is 53.5 Å². The molecule has 1 N–H and O–H groups in total. The minimum atomic E-state index is -0.348. The molecule has 0 unspecified atom stereocenters. The van der Waals surface area contributed by atoms with Crippen LogP contribution in [-0.4, -0.2) is 60.7 Å². The van der Waals surface area contributed by atoms with E-state index in [4.69, 9.17) is 0 Å². The number of hydrogen-bond acceptors (Lipinski definition) is 3. The molecule has 0 aliphatic rings. The van der Waals surface area contributed by atoms with Crippen LogP contribution in [-0.2, 0) is 19.8 Å². The van der Waals surface area contributed by atoms with Crippen LogP contribution in [0, 0.1) is 11.8 Å². The van der Waals surface area contributed by atoms with Crippen LogP contribution in [0.15, 0.2) is 30.3 Å². The van der Waals surface area contributed by atoms with Crippen molar-refractivity contribution in [3.05, 3.63) is 35.9 Å². The minimum absolute atomic E-state index is 0.0382. The first-order chi connectivity index (χ1) is 13.9. The largest absolute Gasteiger partial charge is 0.347 e. The molecule has 0 aliphatic heterocycles. The first-order valence-electron chi connectivity index (χ1n) is 10.7. The van der Waals surface area contributed by atoms with Crippen molar-refractivity contribution in [3.63, 3.8) is 0 Å². The summed E-state index contributed by atoms with van der Waals surface area (Å²) in [5.41, 5.74) is 0.752. The van der Waals surface area contributed by atoms with Crippen molar-refractivity contribution < 1.29 is 14.4 Å². The summed E-state index contributed by atoms with van der Waals surface area (Å²) in [4.78, 5) is 40.6. The molecular formula is C24H39N3O3. The monoisotopic (exact) mass is 417 g/mol. The molecule has 0 saturated carbocycles. The van der Waals surface area contributed by atoms with Crippen molar-refractivity contribution in [2.75, 3.05) is 27.2 Å². The Bertz CT molecular complexity index is 716. The second-order valence-corrected chi connectivity index (χ2v) is 8.98. The van der Waals surface area contributed by atoms with Crippen molar-refractivity contribution in [1.29, 1.82) is 0 Å². The van der Waals surface area contributed by atoms with Gasteiger partial charge in [0.15, 0.2) is 0 Å². The van der Waals surface area contributed by atoms with Crippen LogP contribution in [0.25, 0.3) is 0 Å². The average Bonchev–Trinajstić information content (AvgIpc) is 2.70. The van der Waals surface area contributed by atoms with Gasteiger partial charge in [0.2, 0.25) is 17.7 Å². The molecule has 3 amide bonds. The number of nitrogens with zero attached hydrogens (tertiary/aromatic N) is 2. The fourth-order valence-corrected chi connectivity index (χ4v) is 3.88. The smallest absolute Gasteiger partial charge is 0.242 e. The van der Waals surface area contributed by atoms with Crippen molar-refractivity contribution in [1.82, 2.24) is 15.1 Å². The van der Waals surface area contributed by atoms with E-state index in [-0.39, 0.29) is 47.6 Å². The Morgan fingerprint density at radius 1 is 1.07 bits per heavy atom. The summed E-state index contributed by atoms with van der Waals surface area (Å²) in [6.45, 7) is 12.1. The predicted molar refractivity (Wildman–Crippen MR) is 121 cm³/mol. The zero-order chi connectivity index (χ0) is 23.1. The van der Waals surface area contributed by atoms with E-state index in [9.17, 15) is 14.4 Å². The van der Waals surface area contributed by atoms with Gasteiger partial charge in [-0.15, -0.1) is 0 Å². The summed E-state index contributed by atoms with van der Waals surface area (Å²) in [6, 6.07) is 9.87. The van der Waals surface area contributed by atoms with Gasteiger partial charge >= 0.3 is 0 Å². The first kappa shape index (κ1) is 25.7. The minimum Gasteiger partial charge on any atom is -0.347 e. The summed E-state index contributed by atoms with van der Waals surface area (Å²) in [5.74, 6) is -0.384. The average molecular weight is 418 g/mol. The highest BCUT2D eigenvalue weighted by molar-refractivity contribution is 5.86. The Hall–Kier alpha value is -2.37. The molecule has 1 aromatic rings. The molecule has 1 rings (SSSR count). The number of carbonyl (C=O) groups excluding carboxylic acids is 3. The summed E-state index contributed by atoms with van der Waals surface area (Å²) in [5, 5.41) is 2.85. The number of hydrogen-bond donors (Lipinski definition) is 1. The van der Waals surface area contributed by atoms with Gasteiger partial charge in [0.25, 0.3) is 0 Å². The van der Waals surface area contributed by atoms with Crippen molar-refractivity contribution in [2.24, 2.45) is 11.8 Å². The van der Waals surface area contributed by atoms with Gasteiger partial charge in [0, 0.05) is 38.9 Å². The SMILES string of the molecule is CC[C@H](C(=O)NCC(=O)N(C)[C@H](CN(C)C(C)=O)C(C)C)C(C)(C)c1ccccc1. The summed E-state index contributed by atoms with van der Waals surface area (Å²) in [6.07, 6.45) is 0.676. The Kier molecular flexibility index (Phi) is 9.53. The fourth-order valence-electron chi connectivity index (χ4n) is 3.88. The van der Waals surface area contributed by atoms with Gasteiger partial charge in [0.05, 0.1) is 12.6 Å².